The highest BCUT2D eigenvalue weighted by Crippen LogP contribution is 2.42. The molecule has 1 unspecified atom stereocenters. The second-order valence-corrected chi connectivity index (χ2v) is 4.84. The van der Waals surface area contributed by atoms with Crippen LogP contribution < -0.4 is 5.56 Å². The molecule has 1 aliphatic rings. The maximum Gasteiger partial charge on any atom is 0.258 e. The van der Waals surface area contributed by atoms with Crippen LogP contribution in [0.1, 0.15) is 50.1 Å². The lowest BCUT2D eigenvalue weighted by Gasteiger charge is -2.15. The third kappa shape index (κ3) is 2.34. The molecule has 1 aromatic rings. The molecule has 5 nitrogen and oxygen atoms in total. The van der Waals surface area contributed by atoms with Gasteiger partial charge >= 0.3 is 0 Å². The van der Waals surface area contributed by atoms with Crippen molar-refractivity contribution in [3.05, 3.63) is 21.7 Å². The molecule has 0 amide bonds. The zero-order valence-corrected chi connectivity index (χ0v) is 10.4. The van der Waals surface area contributed by atoms with Crippen molar-refractivity contribution in [2.75, 3.05) is 7.11 Å². The zero-order chi connectivity index (χ0) is 12.6. The molecule has 1 atom stereocenters. The number of aromatic amines is 1. The van der Waals surface area contributed by atoms with Gasteiger partial charge in [0.1, 0.15) is 11.9 Å². The van der Waals surface area contributed by atoms with Gasteiger partial charge in [0, 0.05) is 7.11 Å². The molecule has 1 aromatic heterocycles. The monoisotopic (exact) mass is 238 g/mol. The van der Waals surface area contributed by atoms with Gasteiger partial charge in [-0.15, -0.1) is 0 Å². The second-order valence-electron chi connectivity index (χ2n) is 4.84. The molecule has 0 saturated heterocycles. The SMILES string of the molecule is COC(c1nc(O)c(C(C)C)c(=O)[nH]1)C1CC1. The number of nitrogens with zero attached hydrogens (tertiary/aromatic N) is 1. The standard InChI is InChI=1S/C12H18N2O3/c1-6(2)8-11(15)13-10(14-12(8)16)9(17-3)7-4-5-7/h6-7,9H,4-5H2,1-3H3,(H2,13,14,15,16). The Morgan fingerprint density at radius 1 is 1.47 bits per heavy atom. The lowest BCUT2D eigenvalue weighted by Crippen LogP contribution is -2.21. The number of hydrogen-bond donors (Lipinski definition) is 2. The van der Waals surface area contributed by atoms with Crippen LogP contribution in [0.2, 0.25) is 0 Å². The van der Waals surface area contributed by atoms with Gasteiger partial charge in [-0.05, 0) is 24.7 Å². The summed E-state index contributed by atoms with van der Waals surface area (Å²) in [7, 11) is 1.59. The van der Waals surface area contributed by atoms with Crippen LogP contribution in [0.3, 0.4) is 0 Å². The summed E-state index contributed by atoms with van der Waals surface area (Å²) in [6.45, 7) is 3.70. The van der Waals surface area contributed by atoms with Crippen molar-refractivity contribution in [2.45, 2.75) is 38.7 Å². The van der Waals surface area contributed by atoms with Crippen LogP contribution in [0.25, 0.3) is 0 Å². The van der Waals surface area contributed by atoms with E-state index in [9.17, 15) is 9.90 Å². The smallest absolute Gasteiger partial charge is 0.258 e. The van der Waals surface area contributed by atoms with E-state index in [1.807, 2.05) is 13.8 Å². The first-order chi connectivity index (χ1) is 8.04. The Bertz CT molecular complexity index is 463. The van der Waals surface area contributed by atoms with Crippen LogP contribution in [0.5, 0.6) is 5.88 Å². The molecule has 2 rings (SSSR count). The quantitative estimate of drug-likeness (QED) is 0.837. The fourth-order valence-electron chi connectivity index (χ4n) is 2.07. The Hall–Kier alpha value is -1.36. The van der Waals surface area contributed by atoms with E-state index in [-0.39, 0.29) is 23.5 Å². The maximum absolute atomic E-state index is 11.9. The van der Waals surface area contributed by atoms with Crippen molar-refractivity contribution in [1.82, 2.24) is 9.97 Å². The summed E-state index contributed by atoms with van der Waals surface area (Å²) in [5.41, 5.74) is 0.0598. The van der Waals surface area contributed by atoms with E-state index in [0.29, 0.717) is 17.3 Å². The first-order valence-electron chi connectivity index (χ1n) is 5.90. The minimum Gasteiger partial charge on any atom is -0.493 e. The molecule has 0 bridgehead atoms. The van der Waals surface area contributed by atoms with Gasteiger partial charge in [0.25, 0.3) is 5.56 Å². The van der Waals surface area contributed by atoms with Crippen molar-refractivity contribution in [2.24, 2.45) is 5.92 Å². The van der Waals surface area contributed by atoms with E-state index in [1.54, 1.807) is 7.11 Å². The van der Waals surface area contributed by atoms with Gasteiger partial charge in [-0.3, -0.25) is 4.79 Å². The molecular formula is C12H18N2O3. The maximum atomic E-state index is 11.9. The lowest BCUT2D eigenvalue weighted by atomic mass is 10.1. The summed E-state index contributed by atoms with van der Waals surface area (Å²) < 4.78 is 5.33. The van der Waals surface area contributed by atoms with Crippen LogP contribution in [-0.4, -0.2) is 22.2 Å². The van der Waals surface area contributed by atoms with Crippen LogP contribution in [-0.2, 0) is 4.74 Å². The highest BCUT2D eigenvalue weighted by molar-refractivity contribution is 5.26. The Labute approximate surface area is 99.9 Å². The highest BCUT2D eigenvalue weighted by atomic mass is 16.5. The van der Waals surface area contributed by atoms with Gasteiger partial charge in [-0.25, -0.2) is 0 Å². The summed E-state index contributed by atoms with van der Waals surface area (Å²) in [5.74, 6) is 0.609. The zero-order valence-electron chi connectivity index (χ0n) is 10.4. The molecule has 1 heterocycles. The average Bonchev–Trinajstić information content (AvgIpc) is 3.01. The number of rotatable bonds is 4. The predicted octanol–water partition coefficient (Wildman–Crippen LogP) is 1.70. The molecule has 0 radical (unpaired) electrons. The second kappa shape index (κ2) is 4.49. The van der Waals surface area contributed by atoms with Gasteiger partial charge < -0.3 is 14.8 Å². The fraction of sp³-hybridized carbons (Fsp3) is 0.667. The lowest BCUT2D eigenvalue weighted by molar-refractivity contribution is 0.0763. The van der Waals surface area contributed by atoms with E-state index in [1.165, 1.54) is 0 Å². The van der Waals surface area contributed by atoms with Crippen LogP contribution in [0.4, 0.5) is 0 Å². The average molecular weight is 238 g/mol. The third-order valence-corrected chi connectivity index (χ3v) is 3.10. The molecule has 94 valence electrons. The minimum atomic E-state index is -0.273. The Morgan fingerprint density at radius 2 is 2.12 bits per heavy atom. The van der Waals surface area contributed by atoms with Gasteiger partial charge in [0.2, 0.25) is 5.88 Å². The van der Waals surface area contributed by atoms with Gasteiger partial charge in [0.15, 0.2) is 0 Å². The number of H-pyrrole nitrogens is 1. The van der Waals surface area contributed by atoms with Crippen LogP contribution in [0, 0.1) is 5.92 Å². The molecule has 0 spiro atoms. The minimum absolute atomic E-state index is 0.0535. The highest BCUT2D eigenvalue weighted by Gasteiger charge is 2.34. The van der Waals surface area contributed by atoms with E-state index >= 15 is 0 Å². The number of hydrogen-bond acceptors (Lipinski definition) is 4. The van der Waals surface area contributed by atoms with Gasteiger partial charge in [-0.2, -0.15) is 4.98 Å². The molecule has 0 aromatic carbocycles. The van der Waals surface area contributed by atoms with E-state index in [4.69, 9.17) is 4.74 Å². The van der Waals surface area contributed by atoms with Crippen LogP contribution >= 0.6 is 0 Å². The molecule has 1 fully saturated rings. The molecule has 1 saturated carbocycles. The van der Waals surface area contributed by atoms with Crippen LogP contribution in [0.15, 0.2) is 4.79 Å². The third-order valence-electron chi connectivity index (χ3n) is 3.10. The van der Waals surface area contributed by atoms with E-state index in [2.05, 4.69) is 9.97 Å². The number of ether oxygens (including phenoxy) is 1. The Balaban J connectivity index is 2.40. The van der Waals surface area contributed by atoms with Gasteiger partial charge in [0.05, 0.1) is 5.56 Å². The van der Waals surface area contributed by atoms with E-state index in [0.717, 1.165) is 12.8 Å². The molecule has 0 aliphatic heterocycles. The topological polar surface area (TPSA) is 75.2 Å². The summed E-state index contributed by atoms with van der Waals surface area (Å²) in [4.78, 5) is 18.6. The molecule has 1 aliphatic carbocycles. The summed E-state index contributed by atoms with van der Waals surface area (Å²) in [6, 6.07) is 0. The molecule has 17 heavy (non-hydrogen) atoms. The predicted molar refractivity (Wildman–Crippen MR) is 63.1 cm³/mol. The number of nitrogens with one attached hydrogen (secondary N) is 1. The fourth-order valence-corrected chi connectivity index (χ4v) is 2.07. The van der Waals surface area contributed by atoms with Crippen molar-refractivity contribution in [3.8, 4) is 5.88 Å². The number of methoxy groups -OCH3 is 1. The first-order valence-corrected chi connectivity index (χ1v) is 5.90. The Morgan fingerprint density at radius 3 is 2.53 bits per heavy atom. The number of aromatic nitrogens is 2. The first kappa shape index (κ1) is 12.1. The summed E-state index contributed by atoms with van der Waals surface area (Å²) in [6.07, 6.45) is 1.94. The van der Waals surface area contributed by atoms with Crippen molar-refractivity contribution in [3.63, 3.8) is 0 Å². The molecule has 2 N–H and O–H groups in total. The molecular weight excluding hydrogens is 220 g/mol. The largest absolute Gasteiger partial charge is 0.493 e. The van der Waals surface area contributed by atoms with Crippen molar-refractivity contribution < 1.29 is 9.84 Å². The molecule has 5 heteroatoms. The number of aromatic hydroxyl groups is 1. The van der Waals surface area contributed by atoms with Gasteiger partial charge in [-0.1, -0.05) is 13.8 Å². The summed E-state index contributed by atoms with van der Waals surface area (Å²) >= 11 is 0. The van der Waals surface area contributed by atoms with Crippen molar-refractivity contribution in [1.29, 1.82) is 0 Å². The Kier molecular flexibility index (Phi) is 3.19. The normalized spacial score (nSPS) is 17.4. The van der Waals surface area contributed by atoms with Crippen molar-refractivity contribution >= 4 is 0 Å². The summed E-state index contributed by atoms with van der Waals surface area (Å²) in [5, 5.41) is 9.80. The van der Waals surface area contributed by atoms with E-state index < -0.39 is 0 Å².